The molecule has 0 aromatic carbocycles. The number of halogens is 3. The predicted octanol–water partition coefficient (Wildman–Crippen LogP) is 5.92. The first-order chi connectivity index (χ1) is 18.7. The van der Waals surface area contributed by atoms with Gasteiger partial charge in [-0.2, -0.15) is 13.2 Å². The summed E-state index contributed by atoms with van der Waals surface area (Å²) >= 11 is 0. The fourth-order valence-corrected chi connectivity index (χ4v) is 5.09. The Kier molecular flexibility index (Phi) is 6.33. The van der Waals surface area contributed by atoms with E-state index in [9.17, 15) is 13.2 Å². The molecule has 1 aliphatic heterocycles. The second-order valence-electron chi connectivity index (χ2n) is 10.9. The van der Waals surface area contributed by atoms with Crippen LogP contribution in [0, 0.1) is 5.41 Å². The van der Waals surface area contributed by atoms with Crippen LogP contribution in [0.5, 0.6) is 0 Å². The van der Waals surface area contributed by atoms with Crippen molar-refractivity contribution in [2.45, 2.75) is 51.2 Å². The zero-order valence-corrected chi connectivity index (χ0v) is 21.7. The van der Waals surface area contributed by atoms with E-state index in [1.807, 2.05) is 6.20 Å². The Morgan fingerprint density at radius 2 is 1.74 bits per heavy atom. The lowest BCUT2D eigenvalue weighted by molar-refractivity contribution is -0.137. The zero-order valence-electron chi connectivity index (χ0n) is 21.7. The van der Waals surface area contributed by atoms with Crippen molar-refractivity contribution >= 4 is 28.4 Å². The number of pyridine rings is 3. The molecule has 1 atom stereocenters. The molecule has 2 fully saturated rings. The molecule has 202 valence electrons. The molecular formula is C28H29F3N8. The summed E-state index contributed by atoms with van der Waals surface area (Å²) in [6, 6.07) is 5.59. The van der Waals surface area contributed by atoms with Crippen molar-refractivity contribution in [1.29, 1.82) is 0 Å². The Balaban J connectivity index is 1.38. The largest absolute Gasteiger partial charge is 0.416 e. The lowest BCUT2D eigenvalue weighted by atomic mass is 9.80. The highest BCUT2D eigenvalue weighted by Gasteiger charge is 2.34. The third-order valence-corrected chi connectivity index (χ3v) is 7.46. The van der Waals surface area contributed by atoms with Crippen LogP contribution in [0.2, 0.25) is 0 Å². The Morgan fingerprint density at radius 1 is 0.974 bits per heavy atom. The van der Waals surface area contributed by atoms with E-state index >= 15 is 0 Å². The number of nitrogens with zero attached hydrogens (tertiary/aromatic N) is 5. The van der Waals surface area contributed by atoms with Gasteiger partial charge in [0.1, 0.15) is 17.5 Å². The Hall–Kier alpha value is -3.86. The van der Waals surface area contributed by atoms with E-state index in [0.717, 1.165) is 67.4 Å². The minimum Gasteiger partial charge on any atom is -0.366 e. The van der Waals surface area contributed by atoms with E-state index in [2.05, 4.69) is 44.7 Å². The summed E-state index contributed by atoms with van der Waals surface area (Å²) in [5, 5.41) is 11.1. The first-order valence-electron chi connectivity index (χ1n) is 13.1. The van der Waals surface area contributed by atoms with Crippen molar-refractivity contribution in [2.75, 3.05) is 23.7 Å². The van der Waals surface area contributed by atoms with Gasteiger partial charge in [0.15, 0.2) is 5.82 Å². The van der Waals surface area contributed by atoms with Gasteiger partial charge < -0.3 is 16.0 Å². The summed E-state index contributed by atoms with van der Waals surface area (Å²) in [4.78, 5) is 22.6. The van der Waals surface area contributed by atoms with Gasteiger partial charge in [0.05, 0.1) is 17.3 Å². The number of anilines is 3. The number of rotatable bonds is 6. The molecule has 1 saturated carbocycles. The molecule has 1 unspecified atom stereocenters. The van der Waals surface area contributed by atoms with Crippen molar-refractivity contribution in [1.82, 2.24) is 30.2 Å². The van der Waals surface area contributed by atoms with Gasteiger partial charge in [-0.3, -0.25) is 4.98 Å². The first-order valence-corrected chi connectivity index (χ1v) is 13.1. The van der Waals surface area contributed by atoms with Gasteiger partial charge in [0.2, 0.25) is 0 Å². The van der Waals surface area contributed by atoms with Crippen molar-refractivity contribution < 1.29 is 13.2 Å². The van der Waals surface area contributed by atoms with E-state index in [4.69, 9.17) is 9.97 Å². The molecule has 1 aliphatic carbocycles. The van der Waals surface area contributed by atoms with Crippen LogP contribution < -0.4 is 16.0 Å². The SMILES string of the molecule is CC1(C)CNCCC1Nc1nc(-c2ccnc(Nc3cc(C(F)(F)F)ccn3)c2)nc2cncc(C3CC3)c12. The van der Waals surface area contributed by atoms with E-state index < -0.39 is 11.7 Å². The topological polar surface area (TPSA) is 101 Å². The quantitative estimate of drug-likeness (QED) is 0.280. The maximum atomic E-state index is 13.2. The third-order valence-electron chi connectivity index (χ3n) is 7.46. The van der Waals surface area contributed by atoms with Crippen LogP contribution in [0.25, 0.3) is 22.3 Å². The van der Waals surface area contributed by atoms with Crippen molar-refractivity contribution in [3.63, 3.8) is 0 Å². The molecule has 1 saturated heterocycles. The number of piperidine rings is 1. The number of fused-ring (bicyclic) bond motifs is 1. The van der Waals surface area contributed by atoms with E-state index in [1.165, 1.54) is 5.56 Å². The van der Waals surface area contributed by atoms with Gasteiger partial charge in [0.25, 0.3) is 0 Å². The smallest absolute Gasteiger partial charge is 0.366 e. The highest BCUT2D eigenvalue weighted by molar-refractivity contribution is 5.93. The number of hydrogen-bond donors (Lipinski definition) is 3. The van der Waals surface area contributed by atoms with Crippen molar-refractivity contribution in [2.24, 2.45) is 5.41 Å². The minimum atomic E-state index is -4.46. The number of nitrogens with one attached hydrogen (secondary N) is 3. The summed E-state index contributed by atoms with van der Waals surface area (Å²) in [7, 11) is 0. The molecule has 0 bridgehead atoms. The molecule has 4 aromatic rings. The average molecular weight is 535 g/mol. The van der Waals surface area contributed by atoms with Gasteiger partial charge in [0, 0.05) is 42.1 Å². The van der Waals surface area contributed by atoms with Gasteiger partial charge in [-0.1, -0.05) is 13.8 Å². The predicted molar refractivity (Wildman–Crippen MR) is 144 cm³/mol. The third kappa shape index (κ3) is 5.36. The number of alkyl halides is 3. The number of aromatic nitrogens is 5. The molecular weight excluding hydrogens is 505 g/mol. The second-order valence-corrected chi connectivity index (χ2v) is 10.9. The maximum absolute atomic E-state index is 13.2. The van der Waals surface area contributed by atoms with E-state index in [1.54, 1.807) is 24.5 Å². The van der Waals surface area contributed by atoms with E-state index in [-0.39, 0.29) is 17.3 Å². The molecule has 3 N–H and O–H groups in total. The molecule has 2 aliphatic rings. The minimum absolute atomic E-state index is 0.0220. The molecule has 6 rings (SSSR count). The van der Waals surface area contributed by atoms with Crippen LogP contribution in [0.1, 0.15) is 50.2 Å². The molecule has 0 radical (unpaired) electrons. The molecule has 11 heteroatoms. The maximum Gasteiger partial charge on any atom is 0.416 e. The highest BCUT2D eigenvalue weighted by Crippen LogP contribution is 2.45. The molecule has 8 nitrogen and oxygen atoms in total. The molecule has 39 heavy (non-hydrogen) atoms. The highest BCUT2D eigenvalue weighted by atomic mass is 19.4. The standard InChI is InChI=1S/C28H29F3N8/c1-27(2)15-32-8-7-21(27)37-26-24-19(16-3-4-16)13-33-14-20(24)36-25(39-26)17-5-9-34-22(11-17)38-23-12-18(6-10-35-23)28(29,30)31/h5-6,9-14,16,21,32H,3-4,7-8,15H2,1-2H3,(H,34,35,38)(H,36,37,39). The molecule has 0 amide bonds. The lowest BCUT2D eigenvalue weighted by Gasteiger charge is -2.40. The lowest BCUT2D eigenvalue weighted by Crippen LogP contribution is -2.49. The van der Waals surface area contributed by atoms with Crippen LogP contribution in [0.4, 0.5) is 30.6 Å². The Labute approximate surface area is 223 Å². The van der Waals surface area contributed by atoms with Crippen LogP contribution in [0.3, 0.4) is 0 Å². The fourth-order valence-electron chi connectivity index (χ4n) is 5.09. The monoisotopic (exact) mass is 534 g/mol. The summed E-state index contributed by atoms with van der Waals surface area (Å²) in [6.45, 7) is 6.32. The first kappa shape index (κ1) is 25.4. The average Bonchev–Trinajstić information content (AvgIpc) is 3.75. The van der Waals surface area contributed by atoms with Gasteiger partial charge >= 0.3 is 6.18 Å². The van der Waals surface area contributed by atoms with Crippen LogP contribution >= 0.6 is 0 Å². The van der Waals surface area contributed by atoms with Crippen LogP contribution in [0.15, 0.2) is 49.1 Å². The zero-order chi connectivity index (χ0) is 27.2. The molecule has 5 heterocycles. The van der Waals surface area contributed by atoms with Crippen molar-refractivity contribution in [3.8, 4) is 11.4 Å². The normalized spacial score (nSPS) is 19.2. The summed E-state index contributed by atoms with van der Waals surface area (Å²) in [5.41, 5.74) is 1.83. The number of hydrogen-bond acceptors (Lipinski definition) is 8. The summed E-state index contributed by atoms with van der Waals surface area (Å²) < 4.78 is 39.5. The Morgan fingerprint density at radius 3 is 2.49 bits per heavy atom. The Bertz CT molecular complexity index is 1520. The second kappa shape index (κ2) is 9.71. The van der Waals surface area contributed by atoms with E-state index in [0.29, 0.717) is 23.1 Å². The van der Waals surface area contributed by atoms with Crippen LogP contribution in [-0.2, 0) is 6.18 Å². The van der Waals surface area contributed by atoms with Gasteiger partial charge in [-0.05, 0) is 67.0 Å². The van der Waals surface area contributed by atoms with Gasteiger partial charge in [-0.25, -0.2) is 19.9 Å². The molecule has 4 aromatic heterocycles. The van der Waals surface area contributed by atoms with Gasteiger partial charge in [-0.15, -0.1) is 0 Å². The fraction of sp³-hybridized carbons (Fsp3) is 0.393. The molecule has 0 spiro atoms. The van der Waals surface area contributed by atoms with Crippen molar-refractivity contribution in [3.05, 3.63) is 60.2 Å². The van der Waals surface area contributed by atoms with Crippen LogP contribution in [-0.4, -0.2) is 44.1 Å². The summed E-state index contributed by atoms with van der Waals surface area (Å²) in [6.07, 6.45) is 5.13. The summed E-state index contributed by atoms with van der Waals surface area (Å²) in [5.74, 6) is 2.11.